The predicted molar refractivity (Wildman–Crippen MR) is 105 cm³/mol. The van der Waals surface area contributed by atoms with E-state index in [4.69, 9.17) is 9.47 Å². The van der Waals surface area contributed by atoms with Gasteiger partial charge in [0, 0.05) is 12.1 Å². The number of para-hydroxylation sites is 1. The van der Waals surface area contributed by atoms with Crippen LogP contribution in [0.4, 0.5) is 0 Å². The lowest BCUT2D eigenvalue weighted by Crippen LogP contribution is -2.28. The van der Waals surface area contributed by atoms with Gasteiger partial charge in [0.05, 0.1) is 12.5 Å². The normalized spacial score (nSPS) is 10.7. The average Bonchev–Trinajstić information content (AvgIpc) is 3.01. The van der Waals surface area contributed by atoms with E-state index in [9.17, 15) is 14.4 Å². The Kier molecular flexibility index (Phi) is 5.74. The summed E-state index contributed by atoms with van der Waals surface area (Å²) in [5, 5.41) is 3.04. The van der Waals surface area contributed by atoms with Crippen molar-refractivity contribution >= 4 is 33.4 Å². The number of carbonyl (C=O) groups is 2. The van der Waals surface area contributed by atoms with E-state index in [1.807, 2.05) is 18.2 Å². The molecule has 0 aliphatic rings. The molecule has 0 fully saturated rings. The summed E-state index contributed by atoms with van der Waals surface area (Å²) in [5.41, 5.74) is 1.00. The van der Waals surface area contributed by atoms with Crippen molar-refractivity contribution in [1.82, 2.24) is 15.3 Å². The van der Waals surface area contributed by atoms with Crippen LogP contribution in [0.5, 0.6) is 5.75 Å². The highest BCUT2D eigenvalue weighted by Crippen LogP contribution is 2.27. The summed E-state index contributed by atoms with van der Waals surface area (Å²) in [6, 6.07) is 7.30. The number of methoxy groups -OCH3 is 1. The van der Waals surface area contributed by atoms with Crippen LogP contribution in [-0.4, -0.2) is 35.6 Å². The first-order chi connectivity index (χ1) is 13.4. The minimum Gasteiger partial charge on any atom is -0.496 e. The molecule has 0 spiro atoms. The lowest BCUT2D eigenvalue weighted by molar-refractivity contribution is -0.124. The van der Waals surface area contributed by atoms with Crippen LogP contribution in [0.15, 0.2) is 29.1 Å². The molecule has 28 heavy (non-hydrogen) atoms. The summed E-state index contributed by atoms with van der Waals surface area (Å²) in [6.07, 6.45) is 0. The van der Waals surface area contributed by atoms with Gasteiger partial charge in [-0.1, -0.05) is 18.2 Å². The molecule has 1 amide bonds. The number of aryl methyl sites for hydroxylation is 2. The Hall–Kier alpha value is -3.20. The number of H-pyrrole nitrogens is 1. The van der Waals surface area contributed by atoms with Crippen molar-refractivity contribution in [3.8, 4) is 5.75 Å². The average molecular weight is 401 g/mol. The van der Waals surface area contributed by atoms with Gasteiger partial charge in [-0.3, -0.25) is 9.59 Å². The molecule has 0 aliphatic carbocycles. The number of rotatable bonds is 6. The van der Waals surface area contributed by atoms with Gasteiger partial charge in [0.25, 0.3) is 11.5 Å². The number of nitrogens with zero attached hydrogens (tertiary/aromatic N) is 1. The SMILES string of the molecule is COc1ccccc1CNC(=O)COC(=O)c1sc2nc(C)[nH]c(=O)c2c1C. The molecule has 0 radical (unpaired) electrons. The molecule has 0 saturated carbocycles. The standard InChI is InChI=1S/C19H19N3O5S/c1-10-15-17(24)21-11(2)22-18(15)28-16(10)19(25)27-9-14(23)20-8-12-6-4-5-7-13(12)26-3/h4-7H,8-9H2,1-3H3,(H,20,23)(H,21,22,24). The molecule has 3 aromatic rings. The Morgan fingerprint density at radius 2 is 2.00 bits per heavy atom. The van der Waals surface area contributed by atoms with Gasteiger partial charge < -0.3 is 19.8 Å². The number of amides is 1. The van der Waals surface area contributed by atoms with Crippen LogP contribution in [0, 0.1) is 13.8 Å². The molecule has 2 N–H and O–H groups in total. The minimum atomic E-state index is -0.662. The second kappa shape index (κ2) is 8.22. The number of esters is 1. The largest absolute Gasteiger partial charge is 0.496 e. The number of ether oxygens (including phenoxy) is 2. The molecule has 9 heteroatoms. The molecule has 0 saturated heterocycles. The first-order valence-electron chi connectivity index (χ1n) is 8.46. The van der Waals surface area contributed by atoms with Gasteiger partial charge in [-0.2, -0.15) is 0 Å². The van der Waals surface area contributed by atoms with Gasteiger partial charge in [-0.25, -0.2) is 9.78 Å². The molecule has 1 aromatic carbocycles. The molecule has 0 unspecified atom stereocenters. The number of carbonyl (C=O) groups excluding carboxylic acids is 2. The van der Waals surface area contributed by atoms with E-state index in [1.54, 1.807) is 27.0 Å². The predicted octanol–water partition coefficient (Wildman–Crippen LogP) is 2.08. The van der Waals surface area contributed by atoms with Crippen molar-refractivity contribution in [2.45, 2.75) is 20.4 Å². The Labute approximate surface area is 164 Å². The van der Waals surface area contributed by atoms with E-state index in [-0.39, 0.29) is 17.0 Å². The maximum Gasteiger partial charge on any atom is 0.349 e. The highest BCUT2D eigenvalue weighted by atomic mass is 32.1. The highest BCUT2D eigenvalue weighted by Gasteiger charge is 2.20. The van der Waals surface area contributed by atoms with Crippen LogP contribution >= 0.6 is 11.3 Å². The van der Waals surface area contributed by atoms with Crippen molar-refractivity contribution in [2.24, 2.45) is 0 Å². The smallest absolute Gasteiger partial charge is 0.349 e. The number of nitrogens with one attached hydrogen (secondary N) is 2. The summed E-state index contributed by atoms with van der Waals surface area (Å²) in [6.45, 7) is 3.15. The molecule has 3 rings (SSSR count). The fraction of sp³-hybridized carbons (Fsp3) is 0.263. The number of aromatic amines is 1. The molecule has 2 aromatic heterocycles. The Morgan fingerprint density at radius 3 is 2.75 bits per heavy atom. The number of thiophene rings is 1. The fourth-order valence-corrected chi connectivity index (χ4v) is 3.86. The van der Waals surface area contributed by atoms with Gasteiger partial charge >= 0.3 is 5.97 Å². The summed E-state index contributed by atoms with van der Waals surface area (Å²) in [7, 11) is 1.55. The van der Waals surface area contributed by atoms with E-state index in [2.05, 4.69) is 15.3 Å². The molecule has 146 valence electrons. The van der Waals surface area contributed by atoms with Crippen LogP contribution in [-0.2, 0) is 16.1 Å². The second-order valence-corrected chi connectivity index (χ2v) is 7.05. The quantitative estimate of drug-likeness (QED) is 0.612. The van der Waals surface area contributed by atoms with Gasteiger partial charge in [0.1, 0.15) is 21.3 Å². The van der Waals surface area contributed by atoms with Gasteiger partial charge in [-0.05, 0) is 25.5 Å². The van der Waals surface area contributed by atoms with E-state index in [0.717, 1.165) is 16.9 Å². The monoisotopic (exact) mass is 401 g/mol. The number of benzene rings is 1. The van der Waals surface area contributed by atoms with Crippen LogP contribution in [0.25, 0.3) is 10.2 Å². The third kappa shape index (κ3) is 4.04. The number of hydrogen-bond acceptors (Lipinski definition) is 7. The van der Waals surface area contributed by atoms with Crippen LogP contribution < -0.4 is 15.6 Å². The zero-order valence-electron chi connectivity index (χ0n) is 15.6. The number of aromatic nitrogens is 2. The van der Waals surface area contributed by atoms with E-state index in [0.29, 0.717) is 27.4 Å². The third-order valence-corrected chi connectivity index (χ3v) is 5.27. The first kappa shape index (κ1) is 19.6. The van der Waals surface area contributed by atoms with Crippen molar-refractivity contribution in [1.29, 1.82) is 0 Å². The second-order valence-electron chi connectivity index (χ2n) is 6.05. The maximum absolute atomic E-state index is 12.4. The van der Waals surface area contributed by atoms with Gasteiger partial charge in [0.15, 0.2) is 6.61 Å². The van der Waals surface area contributed by atoms with Gasteiger partial charge in [-0.15, -0.1) is 11.3 Å². The summed E-state index contributed by atoms with van der Waals surface area (Å²) < 4.78 is 10.3. The van der Waals surface area contributed by atoms with E-state index in [1.165, 1.54) is 0 Å². The molecular formula is C19H19N3O5S. The van der Waals surface area contributed by atoms with Crippen LogP contribution in [0.3, 0.4) is 0 Å². The van der Waals surface area contributed by atoms with Crippen LogP contribution in [0.1, 0.15) is 26.6 Å². The van der Waals surface area contributed by atoms with Crippen molar-refractivity contribution in [2.75, 3.05) is 13.7 Å². The molecular weight excluding hydrogens is 382 g/mol. The summed E-state index contributed by atoms with van der Waals surface area (Å²) in [4.78, 5) is 44.0. The third-order valence-electron chi connectivity index (χ3n) is 4.11. The minimum absolute atomic E-state index is 0.251. The van der Waals surface area contributed by atoms with Crippen LogP contribution in [0.2, 0.25) is 0 Å². The maximum atomic E-state index is 12.4. The van der Waals surface area contributed by atoms with Crippen molar-refractivity contribution < 1.29 is 19.1 Å². The lowest BCUT2D eigenvalue weighted by atomic mass is 10.2. The Bertz CT molecular complexity index is 1100. The van der Waals surface area contributed by atoms with E-state index < -0.39 is 18.5 Å². The lowest BCUT2D eigenvalue weighted by Gasteiger charge is -2.09. The zero-order chi connectivity index (χ0) is 20.3. The number of fused-ring (bicyclic) bond motifs is 1. The molecule has 0 bridgehead atoms. The van der Waals surface area contributed by atoms with Crippen molar-refractivity contribution in [3.63, 3.8) is 0 Å². The van der Waals surface area contributed by atoms with Gasteiger partial charge in [0.2, 0.25) is 0 Å². The molecule has 0 atom stereocenters. The van der Waals surface area contributed by atoms with E-state index >= 15 is 0 Å². The number of hydrogen-bond donors (Lipinski definition) is 2. The first-order valence-corrected chi connectivity index (χ1v) is 9.28. The zero-order valence-corrected chi connectivity index (χ0v) is 16.4. The topological polar surface area (TPSA) is 110 Å². The molecule has 8 nitrogen and oxygen atoms in total. The van der Waals surface area contributed by atoms with Crippen molar-refractivity contribution in [3.05, 3.63) is 56.4 Å². The fourth-order valence-electron chi connectivity index (χ4n) is 2.74. The highest BCUT2D eigenvalue weighted by molar-refractivity contribution is 7.20. The Balaban J connectivity index is 1.63. The molecule has 2 heterocycles. The summed E-state index contributed by atoms with van der Waals surface area (Å²) >= 11 is 1.07. The summed E-state index contributed by atoms with van der Waals surface area (Å²) in [5.74, 6) is 0.0259. The molecule has 0 aliphatic heterocycles. The Morgan fingerprint density at radius 1 is 1.25 bits per heavy atom.